The molecule has 0 saturated heterocycles. The molecule has 0 aliphatic carbocycles. The first-order valence-corrected chi connectivity index (χ1v) is 15.5. The molecule has 4 nitrogen and oxygen atoms in total. The van der Waals surface area contributed by atoms with Crippen molar-refractivity contribution >= 4 is 23.6 Å². The maximum absolute atomic E-state index is 11.9. The van der Waals surface area contributed by atoms with Crippen LogP contribution in [0.5, 0.6) is 0 Å². The second-order valence-corrected chi connectivity index (χ2v) is 10.4. The Morgan fingerprint density at radius 1 is 0.743 bits per heavy atom. The van der Waals surface area contributed by atoms with E-state index >= 15 is 0 Å². The van der Waals surface area contributed by atoms with Gasteiger partial charge in [-0.25, -0.2) is 4.79 Å². The van der Waals surface area contributed by atoms with E-state index in [1.165, 1.54) is 64.2 Å². The Balaban J connectivity index is 3.49. The van der Waals surface area contributed by atoms with Crippen LogP contribution >= 0.6 is 11.8 Å². The molecule has 0 aliphatic heterocycles. The van der Waals surface area contributed by atoms with Gasteiger partial charge in [0.05, 0.1) is 0 Å². The normalized spacial score (nSPS) is 11.1. The van der Waals surface area contributed by atoms with Crippen molar-refractivity contribution in [3.63, 3.8) is 0 Å². The molecule has 0 bridgehead atoms. The number of carboxylic acid groups (broad SMARTS) is 1. The van der Waals surface area contributed by atoms with Crippen LogP contribution in [0.15, 0.2) is 0 Å². The van der Waals surface area contributed by atoms with Gasteiger partial charge in [0, 0.05) is 19.3 Å². The minimum atomic E-state index is -0.949. The lowest BCUT2D eigenvalue weighted by Gasteiger charge is -2.13. The largest absolute Gasteiger partial charge is 0.480 e. The summed E-state index contributed by atoms with van der Waals surface area (Å²) in [5.74, 6) is 11.9. The van der Waals surface area contributed by atoms with Crippen molar-refractivity contribution in [3.8, 4) is 23.7 Å². The summed E-state index contributed by atoms with van der Waals surface area (Å²) < 4.78 is 0. The lowest BCUT2D eigenvalue weighted by Crippen LogP contribution is -2.41. The Bertz CT molecular complexity index is 641. The van der Waals surface area contributed by atoms with Crippen molar-refractivity contribution in [1.29, 1.82) is 0 Å². The molecule has 0 spiro atoms. The van der Waals surface area contributed by atoms with Crippen LogP contribution in [0.1, 0.15) is 135 Å². The molecule has 0 aliphatic rings. The van der Waals surface area contributed by atoms with Crippen molar-refractivity contribution in [2.45, 2.75) is 141 Å². The number of rotatable bonds is 23. The second kappa shape index (κ2) is 27.0. The first-order valence-electron chi connectivity index (χ1n) is 14.1. The van der Waals surface area contributed by atoms with Crippen LogP contribution in [0.25, 0.3) is 0 Å². The van der Waals surface area contributed by atoms with Crippen molar-refractivity contribution in [2.75, 3.05) is 12.0 Å². The average molecular weight is 506 g/mol. The van der Waals surface area contributed by atoms with E-state index in [2.05, 4.69) is 35.9 Å². The number of amides is 1. The van der Waals surface area contributed by atoms with Crippen molar-refractivity contribution in [3.05, 3.63) is 0 Å². The second-order valence-electron chi connectivity index (χ2n) is 9.40. The van der Waals surface area contributed by atoms with Gasteiger partial charge in [0.1, 0.15) is 6.04 Å². The van der Waals surface area contributed by atoms with Gasteiger partial charge in [0.25, 0.3) is 0 Å². The third kappa shape index (κ3) is 25.3. The molecule has 1 amide bonds. The lowest BCUT2D eigenvalue weighted by atomic mass is 10.1. The van der Waals surface area contributed by atoms with E-state index in [1.807, 2.05) is 6.26 Å². The molecule has 200 valence electrons. The smallest absolute Gasteiger partial charge is 0.326 e. The summed E-state index contributed by atoms with van der Waals surface area (Å²) in [7, 11) is 0. The molecule has 5 heteroatoms. The quantitative estimate of drug-likeness (QED) is 0.110. The number of carbonyl (C=O) groups excluding carboxylic acids is 1. The fourth-order valence-electron chi connectivity index (χ4n) is 3.88. The Labute approximate surface area is 220 Å². The summed E-state index contributed by atoms with van der Waals surface area (Å²) in [6.45, 7) is 2.27. The molecule has 0 aromatic carbocycles. The van der Waals surface area contributed by atoms with Gasteiger partial charge in [-0.1, -0.05) is 102 Å². The highest BCUT2D eigenvalue weighted by atomic mass is 32.2. The molecule has 35 heavy (non-hydrogen) atoms. The summed E-state index contributed by atoms with van der Waals surface area (Å²) in [6.07, 6.45) is 24.6. The van der Waals surface area contributed by atoms with E-state index in [9.17, 15) is 9.59 Å². The number of unbranched alkanes of at least 4 members (excludes halogenated alkanes) is 16. The lowest BCUT2D eigenvalue weighted by molar-refractivity contribution is -0.141. The number of hydrogen-bond donors (Lipinski definition) is 2. The third-order valence-electron chi connectivity index (χ3n) is 6.09. The molecule has 0 aromatic heterocycles. The average Bonchev–Trinajstić information content (AvgIpc) is 2.84. The van der Waals surface area contributed by atoms with E-state index in [4.69, 9.17) is 5.11 Å². The van der Waals surface area contributed by atoms with Crippen LogP contribution in [-0.2, 0) is 9.59 Å². The molecule has 0 aromatic rings. The van der Waals surface area contributed by atoms with Crippen molar-refractivity contribution in [2.24, 2.45) is 0 Å². The number of carboxylic acids is 1. The van der Waals surface area contributed by atoms with Crippen molar-refractivity contribution < 1.29 is 14.7 Å². The Hall–Kier alpha value is -1.59. The zero-order valence-corrected chi connectivity index (χ0v) is 23.4. The molecule has 2 N–H and O–H groups in total. The molecule has 0 radical (unpaired) electrons. The molecule has 0 unspecified atom stereocenters. The predicted molar refractivity (Wildman–Crippen MR) is 152 cm³/mol. The Morgan fingerprint density at radius 2 is 1.20 bits per heavy atom. The fraction of sp³-hybridized carbons (Fsp3) is 0.800. The van der Waals surface area contributed by atoms with Gasteiger partial charge in [-0.3, -0.25) is 4.79 Å². The standard InChI is InChI=1S/C30H51NO3S/c1-3-4-5-6-7-8-9-10-11-12-13-14-15-16-17-18-19-20-21-22-23-24-25-29(32)31-28(30(33)34)26-27-35-2/h28H,3-13,18-27H2,1-2H3,(H,31,32)(H,33,34)/t28-/m0/s1. The molecule has 0 rings (SSSR count). The minimum Gasteiger partial charge on any atom is -0.480 e. The number of nitrogens with one attached hydrogen (secondary N) is 1. The molecular weight excluding hydrogens is 454 g/mol. The molecule has 0 heterocycles. The van der Waals surface area contributed by atoms with Gasteiger partial charge in [-0.2, -0.15) is 11.8 Å². The highest BCUT2D eigenvalue weighted by Crippen LogP contribution is 2.11. The summed E-state index contributed by atoms with van der Waals surface area (Å²) in [5, 5.41) is 11.8. The van der Waals surface area contributed by atoms with E-state index in [1.54, 1.807) is 11.8 Å². The summed E-state index contributed by atoms with van der Waals surface area (Å²) >= 11 is 1.59. The first-order chi connectivity index (χ1) is 17.1. The van der Waals surface area contributed by atoms with Crippen LogP contribution in [0.3, 0.4) is 0 Å². The van der Waals surface area contributed by atoms with Crippen LogP contribution in [0.2, 0.25) is 0 Å². The maximum Gasteiger partial charge on any atom is 0.326 e. The summed E-state index contributed by atoms with van der Waals surface area (Å²) in [4.78, 5) is 23.1. The summed E-state index contributed by atoms with van der Waals surface area (Å²) in [5.41, 5.74) is 0. The summed E-state index contributed by atoms with van der Waals surface area (Å²) in [6, 6.07) is -0.763. The van der Waals surface area contributed by atoms with Crippen molar-refractivity contribution in [1.82, 2.24) is 5.32 Å². The zero-order chi connectivity index (χ0) is 25.8. The maximum atomic E-state index is 11.9. The number of carbonyl (C=O) groups is 2. The van der Waals surface area contributed by atoms with Gasteiger partial charge in [0.2, 0.25) is 5.91 Å². The number of thioether (sulfide) groups is 1. The molecule has 1 atom stereocenters. The van der Waals surface area contributed by atoms with Crippen LogP contribution in [0.4, 0.5) is 0 Å². The van der Waals surface area contributed by atoms with Gasteiger partial charge in [0.15, 0.2) is 0 Å². The highest BCUT2D eigenvalue weighted by molar-refractivity contribution is 7.98. The van der Waals surface area contributed by atoms with Gasteiger partial charge in [-0.15, -0.1) is 0 Å². The zero-order valence-electron chi connectivity index (χ0n) is 22.6. The van der Waals surface area contributed by atoms with Gasteiger partial charge >= 0.3 is 5.97 Å². The molecular formula is C30H51NO3S. The Morgan fingerprint density at radius 3 is 1.66 bits per heavy atom. The number of hydrogen-bond acceptors (Lipinski definition) is 3. The predicted octanol–water partition coefficient (Wildman–Crippen LogP) is 7.75. The van der Waals surface area contributed by atoms with E-state index in [0.29, 0.717) is 12.8 Å². The third-order valence-corrected chi connectivity index (χ3v) is 6.74. The molecule has 0 saturated carbocycles. The highest BCUT2D eigenvalue weighted by Gasteiger charge is 2.18. The van der Waals surface area contributed by atoms with Gasteiger partial charge < -0.3 is 10.4 Å². The SMILES string of the molecule is CCCCCCCCCCCCC#CC#CCCCCCCCCC(=O)N[C@@H](CCSC)C(=O)O. The topological polar surface area (TPSA) is 66.4 Å². The molecule has 0 fully saturated rings. The van der Waals surface area contributed by atoms with E-state index in [0.717, 1.165) is 57.1 Å². The first kappa shape index (κ1) is 33.4. The van der Waals surface area contributed by atoms with Crippen LogP contribution < -0.4 is 5.32 Å². The van der Waals surface area contributed by atoms with Gasteiger partial charge in [-0.05, 0) is 49.5 Å². The Kier molecular flexibility index (Phi) is 25.8. The minimum absolute atomic E-state index is 0.150. The van der Waals surface area contributed by atoms with Crippen LogP contribution in [-0.4, -0.2) is 35.0 Å². The van der Waals surface area contributed by atoms with E-state index in [-0.39, 0.29) is 5.91 Å². The number of aliphatic carboxylic acids is 1. The van der Waals surface area contributed by atoms with Crippen LogP contribution in [0, 0.1) is 23.7 Å². The monoisotopic (exact) mass is 505 g/mol. The fourth-order valence-corrected chi connectivity index (χ4v) is 4.35. The van der Waals surface area contributed by atoms with E-state index < -0.39 is 12.0 Å².